The molecule has 5 nitrogen and oxygen atoms in total. The molecule has 1 saturated carbocycles. The molecule has 0 spiro atoms. The van der Waals surface area contributed by atoms with Crippen LogP contribution in [0.2, 0.25) is 0 Å². The van der Waals surface area contributed by atoms with E-state index in [-0.39, 0.29) is 32.1 Å². The second-order valence-electron chi connectivity index (χ2n) is 12.1. The van der Waals surface area contributed by atoms with Crippen molar-refractivity contribution >= 4 is 46.3 Å². The lowest BCUT2D eigenvalue weighted by Gasteiger charge is -2.29. The van der Waals surface area contributed by atoms with E-state index in [0.717, 1.165) is 29.7 Å². The van der Waals surface area contributed by atoms with Gasteiger partial charge in [-0.25, -0.2) is 4.79 Å². The standard InChI is InChI=1S/C35H27NO4S/c1-35(2)26-8-4-3-6-20(26)21-12-11-19(16-27(21)35)36-28-9-5-7-22(28)23-14-18(10-13-29(23)36)15-24-31(37)25-17-30(34(39)40)41-33(25)32(24)38/h3-4,6,8,10-17,22,28H,5,7,9H2,1-2H3,(H,39,40). The number of fused-ring (bicyclic) bond motifs is 7. The smallest absolute Gasteiger partial charge is 0.345 e. The zero-order chi connectivity index (χ0) is 28.2. The topological polar surface area (TPSA) is 74.7 Å². The largest absolute Gasteiger partial charge is 0.477 e. The summed E-state index contributed by atoms with van der Waals surface area (Å²) in [5.41, 5.74) is 10.1. The van der Waals surface area contributed by atoms with E-state index in [2.05, 4.69) is 73.3 Å². The number of allylic oxidation sites excluding steroid dienone is 1. The fourth-order valence-electron chi connectivity index (χ4n) is 7.64. The van der Waals surface area contributed by atoms with Gasteiger partial charge in [0, 0.05) is 34.3 Å². The number of carbonyl (C=O) groups excluding carboxylic acids is 2. The van der Waals surface area contributed by atoms with Gasteiger partial charge in [-0.2, -0.15) is 0 Å². The third kappa shape index (κ3) is 3.31. The second-order valence-corrected chi connectivity index (χ2v) is 13.1. The Morgan fingerprint density at radius 3 is 2.54 bits per heavy atom. The van der Waals surface area contributed by atoms with E-state index in [0.29, 0.717) is 12.0 Å². The minimum Gasteiger partial charge on any atom is -0.477 e. The molecule has 3 aliphatic carbocycles. The van der Waals surface area contributed by atoms with Crippen molar-refractivity contribution in [3.8, 4) is 11.1 Å². The molecule has 1 aromatic heterocycles. The Morgan fingerprint density at radius 2 is 1.73 bits per heavy atom. The summed E-state index contributed by atoms with van der Waals surface area (Å²) in [4.78, 5) is 40.2. The maximum atomic E-state index is 13.0. The number of carboxylic acids is 1. The third-order valence-corrected chi connectivity index (χ3v) is 10.7. The monoisotopic (exact) mass is 557 g/mol. The van der Waals surface area contributed by atoms with E-state index in [1.54, 1.807) is 6.08 Å². The molecule has 4 aliphatic rings. The molecule has 6 heteroatoms. The summed E-state index contributed by atoms with van der Waals surface area (Å²) < 4.78 is 0. The molecule has 2 heterocycles. The Morgan fingerprint density at radius 1 is 0.927 bits per heavy atom. The van der Waals surface area contributed by atoms with Crippen LogP contribution in [-0.4, -0.2) is 28.7 Å². The number of benzene rings is 3. The van der Waals surface area contributed by atoms with E-state index in [9.17, 15) is 19.5 Å². The lowest BCUT2D eigenvalue weighted by Crippen LogP contribution is -2.27. The number of nitrogens with zero attached hydrogens (tertiary/aromatic N) is 1. The Hall–Kier alpha value is -4.29. The van der Waals surface area contributed by atoms with Crippen LogP contribution >= 0.6 is 11.3 Å². The number of ketones is 2. The molecular weight excluding hydrogens is 530 g/mol. The molecule has 1 fully saturated rings. The molecule has 2 atom stereocenters. The lowest BCUT2D eigenvalue weighted by molar-refractivity contribution is 0.0702. The van der Waals surface area contributed by atoms with Crippen molar-refractivity contribution in [2.45, 2.75) is 50.5 Å². The lowest BCUT2D eigenvalue weighted by atomic mass is 9.82. The van der Waals surface area contributed by atoms with Crippen LogP contribution in [0.4, 0.5) is 11.4 Å². The average Bonchev–Trinajstić information content (AvgIpc) is 3.75. The van der Waals surface area contributed by atoms with Crippen molar-refractivity contribution < 1.29 is 19.5 Å². The first-order chi connectivity index (χ1) is 19.7. The molecule has 8 rings (SSSR count). The van der Waals surface area contributed by atoms with Crippen LogP contribution in [0, 0.1) is 0 Å². The van der Waals surface area contributed by atoms with Crippen LogP contribution in [-0.2, 0) is 5.41 Å². The van der Waals surface area contributed by atoms with Gasteiger partial charge in [-0.15, -0.1) is 11.3 Å². The number of Topliss-reactive ketones (excluding diaryl/α,β-unsaturated/α-hetero) is 2. The van der Waals surface area contributed by atoms with E-state index >= 15 is 0 Å². The number of carboxylic acid groups (broad SMARTS) is 1. The van der Waals surface area contributed by atoms with Crippen molar-refractivity contribution in [3.63, 3.8) is 0 Å². The van der Waals surface area contributed by atoms with Gasteiger partial charge < -0.3 is 10.0 Å². The predicted octanol–water partition coefficient (Wildman–Crippen LogP) is 8.00. The first-order valence-electron chi connectivity index (χ1n) is 14.1. The van der Waals surface area contributed by atoms with Crippen molar-refractivity contribution in [2.24, 2.45) is 0 Å². The van der Waals surface area contributed by atoms with E-state index in [1.807, 2.05) is 6.07 Å². The molecule has 41 heavy (non-hydrogen) atoms. The summed E-state index contributed by atoms with van der Waals surface area (Å²) in [7, 11) is 0. The molecule has 2 unspecified atom stereocenters. The molecule has 0 saturated heterocycles. The summed E-state index contributed by atoms with van der Waals surface area (Å²) in [5, 5.41) is 9.27. The summed E-state index contributed by atoms with van der Waals surface area (Å²) in [6, 6.07) is 23.6. The Balaban J connectivity index is 1.17. The molecule has 4 aromatic rings. The van der Waals surface area contributed by atoms with Gasteiger partial charge in [0.1, 0.15) is 4.88 Å². The molecule has 0 radical (unpaired) electrons. The maximum Gasteiger partial charge on any atom is 0.345 e. The number of aromatic carboxylic acids is 1. The fraction of sp³-hybridized carbons (Fsp3) is 0.229. The normalized spacial score (nSPS) is 22.1. The molecule has 0 bridgehead atoms. The van der Waals surface area contributed by atoms with Crippen LogP contribution in [0.25, 0.3) is 17.2 Å². The summed E-state index contributed by atoms with van der Waals surface area (Å²) in [6.45, 7) is 4.62. The molecule has 3 aromatic carbocycles. The van der Waals surface area contributed by atoms with Crippen LogP contribution in [0.15, 0.2) is 72.3 Å². The highest BCUT2D eigenvalue weighted by Crippen LogP contribution is 2.55. The predicted molar refractivity (Wildman–Crippen MR) is 161 cm³/mol. The first kappa shape index (κ1) is 24.5. The van der Waals surface area contributed by atoms with Crippen molar-refractivity contribution in [1.29, 1.82) is 0 Å². The van der Waals surface area contributed by atoms with Gasteiger partial charge in [0.15, 0.2) is 5.78 Å². The molecule has 202 valence electrons. The van der Waals surface area contributed by atoms with E-state index in [4.69, 9.17) is 0 Å². The maximum absolute atomic E-state index is 13.0. The number of carbonyl (C=O) groups is 3. The second kappa shape index (κ2) is 8.37. The van der Waals surface area contributed by atoms with Gasteiger partial charge >= 0.3 is 5.97 Å². The van der Waals surface area contributed by atoms with Gasteiger partial charge in [-0.05, 0) is 82.6 Å². The molecule has 0 amide bonds. The number of anilines is 2. The van der Waals surface area contributed by atoms with Gasteiger partial charge in [0.25, 0.3) is 0 Å². The zero-order valence-electron chi connectivity index (χ0n) is 22.7. The average molecular weight is 558 g/mol. The van der Waals surface area contributed by atoms with Crippen molar-refractivity contribution in [2.75, 3.05) is 4.90 Å². The van der Waals surface area contributed by atoms with Crippen molar-refractivity contribution in [3.05, 3.63) is 110 Å². The number of hydrogen-bond acceptors (Lipinski definition) is 5. The minimum atomic E-state index is -1.12. The van der Waals surface area contributed by atoms with Crippen molar-refractivity contribution in [1.82, 2.24) is 0 Å². The Bertz CT molecular complexity index is 1860. The first-order valence-corrected chi connectivity index (χ1v) is 14.9. The van der Waals surface area contributed by atoms with Gasteiger partial charge in [0.2, 0.25) is 5.78 Å². The van der Waals surface area contributed by atoms with Gasteiger partial charge in [0.05, 0.1) is 10.5 Å². The quantitative estimate of drug-likeness (QED) is 0.204. The van der Waals surface area contributed by atoms with Crippen LogP contribution in [0.5, 0.6) is 0 Å². The zero-order valence-corrected chi connectivity index (χ0v) is 23.5. The van der Waals surface area contributed by atoms with Crippen LogP contribution in [0.1, 0.15) is 91.0 Å². The highest BCUT2D eigenvalue weighted by Gasteiger charge is 2.43. The van der Waals surface area contributed by atoms with E-state index in [1.165, 1.54) is 51.7 Å². The fourth-order valence-corrected chi connectivity index (χ4v) is 8.59. The van der Waals surface area contributed by atoms with Gasteiger partial charge in [-0.1, -0.05) is 56.7 Å². The van der Waals surface area contributed by atoms with E-state index < -0.39 is 11.8 Å². The Labute approximate surface area is 241 Å². The number of hydrogen-bond donors (Lipinski definition) is 1. The molecule has 1 N–H and O–H groups in total. The Kier molecular flexibility index (Phi) is 5.00. The number of rotatable bonds is 3. The van der Waals surface area contributed by atoms with Gasteiger partial charge in [-0.3, -0.25) is 9.59 Å². The summed E-state index contributed by atoms with van der Waals surface area (Å²) in [5.74, 6) is -1.50. The van der Waals surface area contributed by atoms with Crippen LogP contribution < -0.4 is 4.90 Å². The summed E-state index contributed by atoms with van der Waals surface area (Å²) in [6.07, 6.45) is 5.09. The van der Waals surface area contributed by atoms with Crippen LogP contribution in [0.3, 0.4) is 0 Å². The summed E-state index contributed by atoms with van der Waals surface area (Å²) >= 11 is 0.874. The highest BCUT2D eigenvalue weighted by molar-refractivity contribution is 7.17. The molecular formula is C35H27NO4S. The molecule has 1 aliphatic heterocycles. The minimum absolute atomic E-state index is 0.0134. The SMILES string of the molecule is CC1(C)c2ccccc2-c2ccc(N3c4ccc(C=C5C(=O)c6cc(C(=O)O)sc6C5=O)cc4C4CCCC43)cc21. The number of thiophene rings is 1. The highest BCUT2D eigenvalue weighted by atomic mass is 32.1. The third-order valence-electron chi connectivity index (χ3n) is 9.56.